The molecule has 1 aromatic heterocycles. The molecule has 0 bridgehead atoms. The van der Waals surface area contributed by atoms with E-state index in [1.165, 1.54) is 6.33 Å². The third kappa shape index (κ3) is 3.92. The van der Waals surface area contributed by atoms with Gasteiger partial charge in [0.25, 0.3) is 0 Å². The van der Waals surface area contributed by atoms with E-state index in [1.54, 1.807) is 0 Å². The fraction of sp³-hybridized carbons (Fsp3) is 0.500. The number of ether oxygens (including phenoxy) is 1. The van der Waals surface area contributed by atoms with Crippen molar-refractivity contribution in [3.63, 3.8) is 0 Å². The molecular weight excluding hydrogens is 321 g/mol. The number of rotatable bonds is 1. The van der Waals surface area contributed by atoms with Gasteiger partial charge in [0.1, 0.15) is 11.9 Å². The molecule has 0 saturated carbocycles. The second kappa shape index (κ2) is 4.94. The van der Waals surface area contributed by atoms with Gasteiger partial charge in [-0.05, 0) is 50.3 Å². The van der Waals surface area contributed by atoms with E-state index < -0.39 is 11.7 Å². The van der Waals surface area contributed by atoms with E-state index in [0.717, 1.165) is 9.26 Å². The fourth-order valence-electron chi connectivity index (χ4n) is 0.945. The van der Waals surface area contributed by atoms with Gasteiger partial charge in [-0.3, -0.25) is 5.32 Å². The Labute approximate surface area is 108 Å². The number of hydrogen-bond acceptors (Lipinski definition) is 4. The summed E-state index contributed by atoms with van der Waals surface area (Å²) in [6.07, 6.45) is 0.896. The standard InChI is InChI=1S/C10H14IN3O2/c1-6-7(11)8(13-5-12-6)14-9(15)16-10(2,3)4/h5H,1-4H3,(H,12,13,14,15). The van der Waals surface area contributed by atoms with E-state index in [-0.39, 0.29) is 0 Å². The molecule has 0 saturated heterocycles. The van der Waals surface area contributed by atoms with Crippen molar-refractivity contribution in [3.8, 4) is 0 Å². The lowest BCUT2D eigenvalue weighted by Crippen LogP contribution is -2.27. The highest BCUT2D eigenvalue weighted by Gasteiger charge is 2.17. The van der Waals surface area contributed by atoms with Crippen molar-refractivity contribution in [2.24, 2.45) is 0 Å². The number of halogens is 1. The molecule has 88 valence electrons. The van der Waals surface area contributed by atoms with Crippen molar-refractivity contribution in [1.82, 2.24) is 9.97 Å². The second-order valence-electron chi connectivity index (χ2n) is 4.25. The molecule has 0 radical (unpaired) electrons. The van der Waals surface area contributed by atoms with Gasteiger partial charge >= 0.3 is 6.09 Å². The van der Waals surface area contributed by atoms with Gasteiger partial charge in [-0.1, -0.05) is 0 Å². The van der Waals surface area contributed by atoms with Crippen LogP contribution in [-0.2, 0) is 4.74 Å². The molecular formula is C10H14IN3O2. The summed E-state index contributed by atoms with van der Waals surface area (Å²) in [5, 5.41) is 2.59. The molecule has 0 aliphatic rings. The van der Waals surface area contributed by atoms with Gasteiger partial charge < -0.3 is 4.74 Å². The summed E-state index contributed by atoms with van der Waals surface area (Å²) in [7, 11) is 0. The first kappa shape index (κ1) is 13.1. The van der Waals surface area contributed by atoms with E-state index in [4.69, 9.17) is 4.74 Å². The summed E-state index contributed by atoms with van der Waals surface area (Å²) in [4.78, 5) is 19.5. The monoisotopic (exact) mass is 335 g/mol. The molecule has 0 aromatic carbocycles. The minimum atomic E-state index is -0.516. The van der Waals surface area contributed by atoms with Crippen LogP contribution >= 0.6 is 22.6 Å². The van der Waals surface area contributed by atoms with Gasteiger partial charge in [0, 0.05) is 0 Å². The van der Waals surface area contributed by atoms with Gasteiger partial charge in [-0.25, -0.2) is 14.8 Å². The van der Waals surface area contributed by atoms with E-state index >= 15 is 0 Å². The van der Waals surface area contributed by atoms with E-state index in [2.05, 4.69) is 37.9 Å². The molecule has 1 rings (SSSR count). The Morgan fingerprint density at radius 3 is 2.62 bits per heavy atom. The van der Waals surface area contributed by atoms with Gasteiger partial charge in [-0.2, -0.15) is 0 Å². The van der Waals surface area contributed by atoms with Crippen molar-refractivity contribution in [3.05, 3.63) is 15.6 Å². The van der Waals surface area contributed by atoms with Gasteiger partial charge in [-0.15, -0.1) is 0 Å². The molecule has 6 heteroatoms. The molecule has 16 heavy (non-hydrogen) atoms. The zero-order valence-electron chi connectivity index (χ0n) is 9.67. The van der Waals surface area contributed by atoms with Crippen LogP contribution in [0, 0.1) is 10.5 Å². The Balaban J connectivity index is 2.74. The van der Waals surface area contributed by atoms with Crippen LogP contribution in [0.1, 0.15) is 26.5 Å². The van der Waals surface area contributed by atoms with Crippen molar-refractivity contribution in [1.29, 1.82) is 0 Å². The lowest BCUT2D eigenvalue weighted by Gasteiger charge is -2.19. The van der Waals surface area contributed by atoms with Crippen LogP contribution < -0.4 is 5.32 Å². The zero-order valence-corrected chi connectivity index (χ0v) is 11.8. The Morgan fingerprint density at radius 2 is 2.06 bits per heavy atom. The highest BCUT2D eigenvalue weighted by Crippen LogP contribution is 2.17. The summed E-state index contributed by atoms with van der Waals surface area (Å²) in [5.74, 6) is 0.474. The van der Waals surface area contributed by atoms with E-state index in [1.807, 2.05) is 27.7 Å². The zero-order chi connectivity index (χ0) is 12.3. The van der Waals surface area contributed by atoms with Crippen molar-refractivity contribution >= 4 is 34.5 Å². The van der Waals surface area contributed by atoms with Crippen molar-refractivity contribution in [2.45, 2.75) is 33.3 Å². The summed E-state index contributed by atoms with van der Waals surface area (Å²) >= 11 is 2.08. The van der Waals surface area contributed by atoms with E-state index in [0.29, 0.717) is 5.82 Å². The SMILES string of the molecule is Cc1ncnc(NC(=O)OC(C)(C)C)c1I. The number of aromatic nitrogens is 2. The first-order valence-electron chi connectivity index (χ1n) is 4.76. The third-order valence-corrected chi connectivity index (χ3v) is 2.87. The fourth-order valence-corrected chi connectivity index (χ4v) is 1.36. The Hall–Kier alpha value is -0.920. The number of carbonyl (C=O) groups excluding carboxylic acids is 1. The maximum Gasteiger partial charge on any atom is 0.413 e. The minimum Gasteiger partial charge on any atom is -0.444 e. The summed E-state index contributed by atoms with van der Waals surface area (Å²) < 4.78 is 5.93. The maximum absolute atomic E-state index is 11.5. The summed E-state index contributed by atoms with van der Waals surface area (Å²) in [6, 6.07) is 0. The number of aryl methyl sites for hydroxylation is 1. The Kier molecular flexibility index (Phi) is 4.06. The molecule has 0 aliphatic carbocycles. The maximum atomic E-state index is 11.5. The number of amides is 1. The predicted octanol–water partition coefficient (Wildman–Crippen LogP) is 2.74. The highest BCUT2D eigenvalue weighted by molar-refractivity contribution is 14.1. The number of nitrogens with one attached hydrogen (secondary N) is 1. The topological polar surface area (TPSA) is 64.1 Å². The first-order chi connectivity index (χ1) is 7.29. The van der Waals surface area contributed by atoms with Crippen molar-refractivity contribution < 1.29 is 9.53 Å². The quantitative estimate of drug-likeness (QED) is 0.802. The molecule has 0 aliphatic heterocycles. The van der Waals surface area contributed by atoms with Crippen LogP contribution in [0.25, 0.3) is 0 Å². The summed E-state index contributed by atoms with van der Waals surface area (Å²) in [5.41, 5.74) is 0.305. The molecule has 0 unspecified atom stereocenters. The molecule has 0 fully saturated rings. The highest BCUT2D eigenvalue weighted by atomic mass is 127. The predicted molar refractivity (Wildman–Crippen MR) is 69.3 cm³/mol. The number of nitrogens with zero attached hydrogens (tertiary/aromatic N) is 2. The molecule has 1 N–H and O–H groups in total. The van der Waals surface area contributed by atoms with Crippen LogP contribution in [-0.4, -0.2) is 21.7 Å². The van der Waals surface area contributed by atoms with Crippen LogP contribution in [0.5, 0.6) is 0 Å². The Bertz CT molecular complexity index is 402. The smallest absolute Gasteiger partial charge is 0.413 e. The Morgan fingerprint density at radius 1 is 1.44 bits per heavy atom. The number of carbonyl (C=O) groups is 1. The molecule has 5 nitrogen and oxygen atoms in total. The average Bonchev–Trinajstić information content (AvgIpc) is 2.09. The molecule has 1 amide bonds. The van der Waals surface area contributed by atoms with Crippen molar-refractivity contribution in [2.75, 3.05) is 5.32 Å². The second-order valence-corrected chi connectivity index (χ2v) is 5.33. The van der Waals surface area contributed by atoms with Crippen LogP contribution in [0.15, 0.2) is 6.33 Å². The van der Waals surface area contributed by atoms with Crippen LogP contribution in [0.3, 0.4) is 0 Å². The number of hydrogen-bond donors (Lipinski definition) is 1. The lowest BCUT2D eigenvalue weighted by atomic mass is 10.2. The van der Waals surface area contributed by atoms with Gasteiger partial charge in [0.15, 0.2) is 5.82 Å². The molecule has 1 heterocycles. The number of anilines is 1. The third-order valence-electron chi connectivity index (χ3n) is 1.58. The largest absolute Gasteiger partial charge is 0.444 e. The normalized spacial score (nSPS) is 11.1. The van der Waals surface area contributed by atoms with Gasteiger partial charge in [0.05, 0.1) is 9.26 Å². The van der Waals surface area contributed by atoms with E-state index in [9.17, 15) is 4.79 Å². The van der Waals surface area contributed by atoms with Crippen LogP contribution in [0.4, 0.5) is 10.6 Å². The van der Waals surface area contributed by atoms with Crippen LogP contribution in [0.2, 0.25) is 0 Å². The lowest BCUT2D eigenvalue weighted by molar-refractivity contribution is 0.0635. The average molecular weight is 335 g/mol. The molecule has 0 spiro atoms. The minimum absolute atomic E-state index is 0.474. The summed E-state index contributed by atoms with van der Waals surface area (Å²) in [6.45, 7) is 7.28. The first-order valence-corrected chi connectivity index (χ1v) is 5.84. The van der Waals surface area contributed by atoms with Gasteiger partial charge in [0.2, 0.25) is 0 Å². The molecule has 0 atom stereocenters. The molecule has 1 aromatic rings.